The van der Waals surface area contributed by atoms with Crippen LogP contribution in [0.3, 0.4) is 0 Å². The van der Waals surface area contributed by atoms with Gasteiger partial charge in [-0.25, -0.2) is 8.42 Å². The molecule has 17 heavy (non-hydrogen) atoms. The molecule has 0 aromatic heterocycles. The van der Waals surface area contributed by atoms with Crippen molar-refractivity contribution in [2.45, 2.75) is 12.8 Å². The molecule has 0 bridgehead atoms. The smallest absolute Gasteiger partial charge is 0.235 e. The molecule has 1 fully saturated rings. The van der Waals surface area contributed by atoms with E-state index in [1.807, 2.05) is 0 Å². The molecule has 2 heterocycles. The summed E-state index contributed by atoms with van der Waals surface area (Å²) in [6, 6.07) is 5.24. The summed E-state index contributed by atoms with van der Waals surface area (Å²) in [7, 11) is -3.16. The first-order chi connectivity index (χ1) is 8.17. The quantitative estimate of drug-likeness (QED) is 0.760. The van der Waals surface area contributed by atoms with Crippen molar-refractivity contribution in [2.24, 2.45) is 0 Å². The van der Waals surface area contributed by atoms with Crippen molar-refractivity contribution in [2.75, 3.05) is 23.4 Å². The van der Waals surface area contributed by atoms with Crippen LogP contribution in [0.25, 0.3) is 0 Å². The van der Waals surface area contributed by atoms with Crippen LogP contribution in [0.15, 0.2) is 18.2 Å². The Labute approximate surface area is 100.0 Å². The largest absolute Gasteiger partial charge is 0.454 e. The van der Waals surface area contributed by atoms with E-state index in [9.17, 15) is 8.42 Å². The molecule has 2 aliphatic rings. The first kappa shape index (κ1) is 10.7. The lowest BCUT2D eigenvalue weighted by Gasteiger charge is -2.28. The fourth-order valence-electron chi connectivity index (χ4n) is 2.12. The van der Waals surface area contributed by atoms with Crippen LogP contribution >= 0.6 is 0 Å². The summed E-state index contributed by atoms with van der Waals surface area (Å²) < 4.78 is 35.8. The number of ether oxygens (including phenoxy) is 2. The molecule has 0 amide bonds. The Bertz CT molecular complexity index is 540. The summed E-state index contributed by atoms with van der Waals surface area (Å²) in [5.41, 5.74) is 0.661. The van der Waals surface area contributed by atoms with Crippen molar-refractivity contribution in [3.05, 3.63) is 18.2 Å². The van der Waals surface area contributed by atoms with Gasteiger partial charge < -0.3 is 9.47 Å². The molecule has 0 aliphatic carbocycles. The van der Waals surface area contributed by atoms with Crippen molar-refractivity contribution >= 4 is 15.7 Å². The van der Waals surface area contributed by atoms with Gasteiger partial charge in [0.05, 0.1) is 11.4 Å². The molecule has 5 nitrogen and oxygen atoms in total. The van der Waals surface area contributed by atoms with Crippen molar-refractivity contribution in [1.29, 1.82) is 0 Å². The van der Waals surface area contributed by atoms with Crippen molar-refractivity contribution in [1.82, 2.24) is 0 Å². The second-order valence-electron chi connectivity index (χ2n) is 4.13. The van der Waals surface area contributed by atoms with Gasteiger partial charge in [0.25, 0.3) is 0 Å². The highest BCUT2D eigenvalue weighted by molar-refractivity contribution is 7.92. The Balaban J connectivity index is 1.98. The minimum absolute atomic E-state index is 0.200. The number of hydrogen-bond donors (Lipinski definition) is 0. The predicted molar refractivity (Wildman–Crippen MR) is 62.9 cm³/mol. The highest BCUT2D eigenvalue weighted by Gasteiger charge is 2.27. The Hall–Kier alpha value is -1.43. The third kappa shape index (κ3) is 1.82. The molecule has 2 aliphatic heterocycles. The average molecular weight is 255 g/mol. The molecule has 1 aromatic carbocycles. The first-order valence-electron chi connectivity index (χ1n) is 5.57. The molecule has 0 atom stereocenters. The molecule has 0 radical (unpaired) electrons. The minimum Gasteiger partial charge on any atom is -0.454 e. The van der Waals surface area contributed by atoms with Gasteiger partial charge in [0.2, 0.25) is 16.8 Å². The molecule has 0 saturated carbocycles. The Morgan fingerprint density at radius 3 is 2.76 bits per heavy atom. The van der Waals surface area contributed by atoms with Crippen LogP contribution in [0.1, 0.15) is 12.8 Å². The first-order valence-corrected chi connectivity index (χ1v) is 7.18. The van der Waals surface area contributed by atoms with Gasteiger partial charge in [-0.15, -0.1) is 0 Å². The number of nitrogens with zero attached hydrogens (tertiary/aromatic N) is 1. The van der Waals surface area contributed by atoms with E-state index >= 15 is 0 Å². The number of rotatable bonds is 1. The lowest BCUT2D eigenvalue weighted by molar-refractivity contribution is 0.174. The van der Waals surface area contributed by atoms with Crippen LogP contribution in [0, 0.1) is 0 Å². The molecular weight excluding hydrogens is 242 g/mol. The fraction of sp³-hybridized carbons (Fsp3) is 0.455. The van der Waals surface area contributed by atoms with Gasteiger partial charge in [0, 0.05) is 12.6 Å². The summed E-state index contributed by atoms with van der Waals surface area (Å²) in [5.74, 6) is 1.51. The normalized spacial score (nSPS) is 21.5. The second kappa shape index (κ2) is 3.80. The lowest BCUT2D eigenvalue weighted by atomic mass is 10.2. The Morgan fingerprint density at radius 2 is 1.94 bits per heavy atom. The molecule has 0 unspecified atom stereocenters. The zero-order valence-corrected chi connectivity index (χ0v) is 10.1. The zero-order valence-electron chi connectivity index (χ0n) is 9.26. The Kier molecular flexibility index (Phi) is 2.39. The van der Waals surface area contributed by atoms with Gasteiger partial charge in [0.15, 0.2) is 11.5 Å². The monoisotopic (exact) mass is 255 g/mol. The maximum absolute atomic E-state index is 11.9. The molecule has 1 saturated heterocycles. The van der Waals surface area contributed by atoms with Gasteiger partial charge in [-0.05, 0) is 25.0 Å². The van der Waals surface area contributed by atoms with Crippen molar-refractivity contribution < 1.29 is 17.9 Å². The van der Waals surface area contributed by atoms with E-state index in [1.54, 1.807) is 18.2 Å². The fourth-order valence-corrected chi connectivity index (χ4v) is 3.75. The molecule has 3 rings (SSSR count). The molecule has 0 spiro atoms. The van der Waals surface area contributed by atoms with Crippen LogP contribution in [0.5, 0.6) is 11.5 Å². The highest BCUT2D eigenvalue weighted by atomic mass is 32.2. The third-order valence-electron chi connectivity index (χ3n) is 2.99. The van der Waals surface area contributed by atoms with E-state index in [-0.39, 0.29) is 12.5 Å². The van der Waals surface area contributed by atoms with Gasteiger partial charge in [0.1, 0.15) is 0 Å². The van der Waals surface area contributed by atoms with Crippen LogP contribution in [-0.4, -0.2) is 27.5 Å². The number of sulfonamides is 1. The van der Waals surface area contributed by atoms with Crippen LogP contribution in [-0.2, 0) is 10.0 Å². The SMILES string of the molecule is O=S1(=O)CCCCN1c1ccc2c(c1)OCO2. The number of hydrogen-bond acceptors (Lipinski definition) is 4. The van der Waals surface area contributed by atoms with Crippen LogP contribution < -0.4 is 13.8 Å². The zero-order chi connectivity index (χ0) is 11.9. The number of benzene rings is 1. The van der Waals surface area contributed by atoms with E-state index in [1.165, 1.54) is 4.31 Å². The Morgan fingerprint density at radius 1 is 1.12 bits per heavy atom. The topological polar surface area (TPSA) is 55.8 Å². The van der Waals surface area contributed by atoms with E-state index in [2.05, 4.69) is 0 Å². The maximum Gasteiger partial charge on any atom is 0.235 e. The average Bonchev–Trinajstić information content (AvgIpc) is 2.75. The summed E-state index contributed by atoms with van der Waals surface area (Å²) in [4.78, 5) is 0. The summed E-state index contributed by atoms with van der Waals surface area (Å²) in [6.45, 7) is 0.744. The van der Waals surface area contributed by atoms with Gasteiger partial charge in [-0.1, -0.05) is 0 Å². The third-order valence-corrected chi connectivity index (χ3v) is 4.86. The van der Waals surface area contributed by atoms with E-state index < -0.39 is 10.0 Å². The van der Waals surface area contributed by atoms with E-state index in [0.29, 0.717) is 23.7 Å². The van der Waals surface area contributed by atoms with Gasteiger partial charge in [-0.2, -0.15) is 0 Å². The van der Waals surface area contributed by atoms with Crippen molar-refractivity contribution in [3.8, 4) is 11.5 Å². The number of fused-ring (bicyclic) bond motifs is 1. The summed E-state index contributed by atoms with van der Waals surface area (Å²) in [5, 5.41) is 0. The van der Waals surface area contributed by atoms with Crippen molar-refractivity contribution in [3.63, 3.8) is 0 Å². The van der Waals surface area contributed by atoms with E-state index in [0.717, 1.165) is 12.8 Å². The summed E-state index contributed by atoms with van der Waals surface area (Å²) >= 11 is 0. The van der Waals surface area contributed by atoms with E-state index in [4.69, 9.17) is 9.47 Å². The van der Waals surface area contributed by atoms with Gasteiger partial charge >= 0.3 is 0 Å². The maximum atomic E-state index is 11.9. The molecule has 1 aromatic rings. The molecule has 6 heteroatoms. The molecule has 92 valence electrons. The number of anilines is 1. The highest BCUT2D eigenvalue weighted by Crippen LogP contribution is 2.36. The minimum atomic E-state index is -3.16. The van der Waals surface area contributed by atoms with Crippen LogP contribution in [0.2, 0.25) is 0 Å². The predicted octanol–water partition coefficient (Wildman–Crippen LogP) is 1.35. The van der Waals surface area contributed by atoms with Gasteiger partial charge in [-0.3, -0.25) is 4.31 Å². The molecule has 0 N–H and O–H groups in total. The van der Waals surface area contributed by atoms with Crippen LogP contribution in [0.4, 0.5) is 5.69 Å². The second-order valence-corrected chi connectivity index (χ2v) is 6.15. The standard InChI is InChI=1S/C11H13NO4S/c13-17(14)6-2-1-5-12(17)9-3-4-10-11(7-9)16-8-15-10/h3-4,7H,1-2,5-6,8H2. The lowest BCUT2D eigenvalue weighted by Crippen LogP contribution is -2.37. The summed E-state index contributed by atoms with van der Waals surface area (Å²) in [6.07, 6.45) is 1.64. The molecular formula is C11H13NO4S.